The first-order chi connectivity index (χ1) is 14.2. The average molecular weight is 420 g/mol. The molecule has 0 aliphatic carbocycles. The van der Waals surface area contributed by atoms with Gasteiger partial charge < -0.3 is 14.2 Å². The van der Waals surface area contributed by atoms with Crippen molar-refractivity contribution in [1.82, 2.24) is 0 Å². The summed E-state index contributed by atoms with van der Waals surface area (Å²) in [5.74, 6) is -0.710. The maximum absolute atomic E-state index is 12.8. The van der Waals surface area contributed by atoms with Gasteiger partial charge in [0.1, 0.15) is 28.9 Å². The lowest BCUT2D eigenvalue weighted by Gasteiger charge is -2.26. The molecule has 8 heteroatoms. The number of carbonyl (C=O) groups excluding carboxylic acids is 2. The van der Waals surface area contributed by atoms with Crippen LogP contribution in [0.3, 0.4) is 0 Å². The minimum atomic E-state index is -4.47. The van der Waals surface area contributed by atoms with Crippen LogP contribution in [0, 0.1) is 0 Å². The molecule has 1 atom stereocenters. The molecule has 1 aliphatic heterocycles. The van der Waals surface area contributed by atoms with Crippen LogP contribution in [0.2, 0.25) is 0 Å². The van der Waals surface area contributed by atoms with E-state index in [1.165, 1.54) is 31.4 Å². The Bertz CT molecular complexity index is 977. The van der Waals surface area contributed by atoms with Gasteiger partial charge in [0.25, 0.3) is 0 Å². The molecule has 0 amide bonds. The molecule has 0 spiro atoms. The van der Waals surface area contributed by atoms with Crippen LogP contribution in [0.15, 0.2) is 54.1 Å². The van der Waals surface area contributed by atoms with E-state index in [4.69, 9.17) is 14.2 Å². The maximum Gasteiger partial charge on any atom is 0.416 e. The Hall–Kier alpha value is -3.29. The lowest BCUT2D eigenvalue weighted by Crippen LogP contribution is -2.29. The second-order valence-electron chi connectivity index (χ2n) is 6.62. The Morgan fingerprint density at radius 3 is 2.43 bits per heavy atom. The van der Waals surface area contributed by atoms with E-state index >= 15 is 0 Å². The summed E-state index contributed by atoms with van der Waals surface area (Å²) in [6.07, 6.45) is -4.16. The molecule has 0 N–H and O–H groups in total. The van der Waals surface area contributed by atoms with E-state index in [-0.39, 0.29) is 41.1 Å². The zero-order valence-electron chi connectivity index (χ0n) is 16.3. The first kappa shape index (κ1) is 21.4. The summed E-state index contributed by atoms with van der Waals surface area (Å²) in [6.45, 7) is 1.87. The fourth-order valence-corrected chi connectivity index (χ4v) is 3.00. The lowest BCUT2D eigenvalue weighted by atomic mass is 9.96. The zero-order valence-corrected chi connectivity index (χ0v) is 16.3. The van der Waals surface area contributed by atoms with Crippen molar-refractivity contribution >= 4 is 17.5 Å². The second-order valence-corrected chi connectivity index (χ2v) is 6.62. The average Bonchev–Trinajstić information content (AvgIpc) is 2.72. The lowest BCUT2D eigenvalue weighted by molar-refractivity contribution is -0.139. The first-order valence-corrected chi connectivity index (χ1v) is 9.21. The molecule has 0 saturated heterocycles. The van der Waals surface area contributed by atoms with Crippen LogP contribution in [0.1, 0.15) is 30.9 Å². The third kappa shape index (κ3) is 4.64. The van der Waals surface area contributed by atoms with E-state index in [0.717, 1.165) is 12.1 Å². The third-order valence-electron chi connectivity index (χ3n) is 4.56. The number of rotatable bonds is 5. The first-order valence-electron chi connectivity index (χ1n) is 9.21. The number of Topliss-reactive ketones (excluding diaryl/α,β-unsaturated/α-hetero) is 1. The quantitative estimate of drug-likeness (QED) is 0.495. The highest BCUT2D eigenvalue weighted by Gasteiger charge is 2.34. The molecule has 158 valence electrons. The highest BCUT2D eigenvalue weighted by atomic mass is 19.4. The van der Waals surface area contributed by atoms with Gasteiger partial charge in [-0.15, -0.1) is 0 Å². The standard InChI is InChI=1S/C22H19F3O5/c1-3-15-12-18(26)19(21(27)28-2)20(30-15)13-7-9-16(10-8-13)29-17-6-4-5-14(11-17)22(23,24)25/h4-11,15H,3,12H2,1-2H3. The summed E-state index contributed by atoms with van der Waals surface area (Å²) < 4.78 is 54.6. The number of alkyl halides is 3. The summed E-state index contributed by atoms with van der Waals surface area (Å²) >= 11 is 0. The summed E-state index contributed by atoms with van der Waals surface area (Å²) in [6, 6.07) is 10.7. The summed E-state index contributed by atoms with van der Waals surface area (Å²) in [5, 5.41) is 0. The largest absolute Gasteiger partial charge is 0.488 e. The number of benzene rings is 2. The van der Waals surface area contributed by atoms with Gasteiger partial charge in [-0.3, -0.25) is 4.79 Å². The number of ether oxygens (including phenoxy) is 3. The molecule has 1 aliphatic rings. The van der Waals surface area contributed by atoms with Gasteiger partial charge in [0.2, 0.25) is 0 Å². The van der Waals surface area contributed by atoms with E-state index in [2.05, 4.69) is 0 Å². The van der Waals surface area contributed by atoms with Crippen LogP contribution in [0.5, 0.6) is 11.5 Å². The Balaban J connectivity index is 1.89. The molecule has 3 rings (SSSR count). The SMILES string of the molecule is CCC1CC(=O)C(C(=O)OC)=C(c2ccc(Oc3cccc(C(F)(F)F)c3)cc2)O1. The minimum Gasteiger partial charge on any atom is -0.488 e. The van der Waals surface area contributed by atoms with Gasteiger partial charge in [0.15, 0.2) is 5.78 Å². The Morgan fingerprint density at radius 1 is 1.13 bits per heavy atom. The van der Waals surface area contributed by atoms with Crippen LogP contribution in [-0.2, 0) is 25.2 Å². The summed E-state index contributed by atoms with van der Waals surface area (Å²) in [7, 11) is 1.18. The van der Waals surface area contributed by atoms with Gasteiger partial charge in [-0.05, 0) is 48.9 Å². The Kier molecular flexibility index (Phi) is 6.14. The molecular weight excluding hydrogens is 401 g/mol. The molecule has 2 aromatic rings. The topological polar surface area (TPSA) is 61.8 Å². The number of esters is 1. The number of hydrogen-bond donors (Lipinski definition) is 0. The number of methoxy groups -OCH3 is 1. The maximum atomic E-state index is 12.8. The molecule has 30 heavy (non-hydrogen) atoms. The van der Waals surface area contributed by atoms with Gasteiger partial charge in [-0.2, -0.15) is 13.2 Å². The fourth-order valence-electron chi connectivity index (χ4n) is 3.00. The molecule has 0 saturated carbocycles. The normalized spacial score (nSPS) is 16.8. The van der Waals surface area contributed by atoms with Crippen molar-refractivity contribution in [3.05, 3.63) is 65.2 Å². The minimum absolute atomic E-state index is 0.0298. The molecule has 0 bridgehead atoms. The number of ketones is 1. The zero-order chi connectivity index (χ0) is 21.9. The molecule has 1 unspecified atom stereocenters. The van der Waals surface area contributed by atoms with Crippen molar-refractivity contribution in [1.29, 1.82) is 0 Å². The van der Waals surface area contributed by atoms with Crippen molar-refractivity contribution in [2.75, 3.05) is 7.11 Å². The van der Waals surface area contributed by atoms with E-state index in [1.54, 1.807) is 12.1 Å². The van der Waals surface area contributed by atoms with Crippen LogP contribution in [0.4, 0.5) is 13.2 Å². The van der Waals surface area contributed by atoms with Gasteiger partial charge in [-0.25, -0.2) is 4.79 Å². The van der Waals surface area contributed by atoms with Crippen molar-refractivity contribution < 1.29 is 37.0 Å². The summed E-state index contributed by atoms with van der Waals surface area (Å²) in [5.41, 5.74) is -0.517. The van der Waals surface area contributed by atoms with Gasteiger partial charge in [0.05, 0.1) is 12.7 Å². The summed E-state index contributed by atoms with van der Waals surface area (Å²) in [4.78, 5) is 24.5. The molecule has 2 aromatic carbocycles. The van der Waals surface area contributed by atoms with Crippen molar-refractivity contribution in [2.45, 2.75) is 32.0 Å². The third-order valence-corrected chi connectivity index (χ3v) is 4.56. The van der Waals surface area contributed by atoms with Crippen molar-refractivity contribution in [3.8, 4) is 11.5 Å². The van der Waals surface area contributed by atoms with Crippen LogP contribution < -0.4 is 4.74 Å². The number of carbonyl (C=O) groups is 2. The number of halogens is 3. The smallest absolute Gasteiger partial charge is 0.416 e. The number of hydrogen-bond acceptors (Lipinski definition) is 5. The van der Waals surface area contributed by atoms with E-state index < -0.39 is 17.7 Å². The molecule has 5 nitrogen and oxygen atoms in total. The predicted octanol–water partition coefficient (Wildman–Crippen LogP) is 5.15. The van der Waals surface area contributed by atoms with E-state index in [0.29, 0.717) is 12.0 Å². The molecule has 0 radical (unpaired) electrons. The van der Waals surface area contributed by atoms with E-state index in [9.17, 15) is 22.8 Å². The fraction of sp³-hybridized carbons (Fsp3) is 0.273. The van der Waals surface area contributed by atoms with Gasteiger partial charge >= 0.3 is 12.1 Å². The van der Waals surface area contributed by atoms with Crippen molar-refractivity contribution in [3.63, 3.8) is 0 Å². The Morgan fingerprint density at radius 2 is 1.83 bits per heavy atom. The molecule has 0 fully saturated rings. The monoisotopic (exact) mass is 420 g/mol. The second kappa shape index (κ2) is 8.61. The molecule has 0 aromatic heterocycles. The van der Waals surface area contributed by atoms with Gasteiger partial charge in [-0.1, -0.05) is 13.0 Å². The van der Waals surface area contributed by atoms with Crippen molar-refractivity contribution in [2.24, 2.45) is 0 Å². The highest BCUT2D eigenvalue weighted by Crippen LogP contribution is 2.34. The van der Waals surface area contributed by atoms with Crippen LogP contribution >= 0.6 is 0 Å². The van der Waals surface area contributed by atoms with Crippen LogP contribution in [0.25, 0.3) is 5.76 Å². The Labute approximate surface area is 171 Å². The van der Waals surface area contributed by atoms with Gasteiger partial charge in [0, 0.05) is 12.0 Å². The highest BCUT2D eigenvalue weighted by molar-refractivity contribution is 6.22. The van der Waals surface area contributed by atoms with E-state index in [1.807, 2.05) is 6.92 Å². The predicted molar refractivity (Wildman–Crippen MR) is 102 cm³/mol. The molecular formula is C22H19F3O5. The van der Waals surface area contributed by atoms with Crippen LogP contribution in [-0.4, -0.2) is 25.0 Å². The molecule has 1 heterocycles.